The number of hydrogen-bond donors (Lipinski definition) is 17. The van der Waals surface area contributed by atoms with Crippen molar-refractivity contribution >= 4 is 98.0 Å². The fourth-order valence-corrected chi connectivity index (χ4v) is 12.7. The molecule has 1 saturated carbocycles. The van der Waals surface area contributed by atoms with Gasteiger partial charge in [-0.25, -0.2) is 19.4 Å². The van der Waals surface area contributed by atoms with Crippen LogP contribution in [0.4, 0.5) is 4.79 Å². The zero-order valence-electron chi connectivity index (χ0n) is 55.3. The van der Waals surface area contributed by atoms with Gasteiger partial charge < -0.3 is 87.3 Å². The predicted octanol–water partition coefficient (Wildman–Crippen LogP) is -2.07. The van der Waals surface area contributed by atoms with Gasteiger partial charge in [0, 0.05) is 114 Å². The molecule has 3 aromatic rings. The van der Waals surface area contributed by atoms with E-state index in [-0.39, 0.29) is 142 Å². The minimum absolute atomic E-state index is 0.0211. The number of urea groups is 1. The fraction of sp³-hybridized carbons (Fsp3) is 0.590. The molecule has 2 aliphatic rings. The molecule has 0 radical (unpaired) electrons. The van der Waals surface area contributed by atoms with Crippen molar-refractivity contribution < 1.29 is 122 Å². The summed E-state index contributed by atoms with van der Waals surface area (Å²) in [7, 11) is -9.19. The maximum atomic E-state index is 14.2. The van der Waals surface area contributed by atoms with Crippen molar-refractivity contribution in [3.05, 3.63) is 66.2 Å². The summed E-state index contributed by atoms with van der Waals surface area (Å²) in [5, 5.41) is 87.5. The molecule has 1 aliphatic heterocycles. The van der Waals surface area contributed by atoms with Crippen molar-refractivity contribution in [3.8, 4) is 0 Å². The number of aliphatic carboxylic acids is 6. The number of nitrogens with one attached hydrogen (secondary N) is 7. The van der Waals surface area contributed by atoms with Crippen molar-refractivity contribution in [2.24, 2.45) is 11.8 Å². The summed E-state index contributed by atoms with van der Waals surface area (Å²) in [6.07, 6.45) is 2.59. The second kappa shape index (κ2) is 41.3. The average Bonchev–Trinajstić information content (AvgIpc) is 1.79. The third-order valence-electron chi connectivity index (χ3n) is 16.9. The second-order valence-corrected chi connectivity index (χ2v) is 27.2. The number of imidazole rings is 1. The first-order chi connectivity index (χ1) is 47.7. The molecular weight excluding hydrogens is 1380 g/mol. The van der Waals surface area contributed by atoms with Crippen molar-refractivity contribution in [2.45, 2.75) is 120 Å². The molecule has 5 rings (SSSR count). The largest absolute Gasteiger partial charge is 0.698 e. The topological polar surface area (TPSA) is 566 Å². The fourth-order valence-electron chi connectivity index (χ4n) is 11.4. The van der Waals surface area contributed by atoms with Crippen molar-refractivity contribution in [3.63, 3.8) is 0 Å². The Morgan fingerprint density at radius 2 is 1.13 bits per heavy atom. The lowest BCUT2D eigenvalue weighted by atomic mass is 9.81. The lowest BCUT2D eigenvalue weighted by Gasteiger charge is -2.33. The van der Waals surface area contributed by atoms with Crippen LogP contribution in [0.1, 0.15) is 81.9 Å². The molecule has 2 fully saturated rings. The van der Waals surface area contributed by atoms with Crippen LogP contribution in [-0.4, -0.2) is 279 Å². The average molecular weight is 1470 g/mol. The smallest absolute Gasteiger partial charge is 0.481 e. The normalized spacial score (nSPS) is 18.1. The number of carbonyl (C=O) groups is 12. The molecule has 558 valence electrons. The summed E-state index contributed by atoms with van der Waals surface area (Å²) in [6.45, 7) is -1.77. The SMILES string of the molecule is O=C(O)CCC(NC(=O)NC(CCCCNC(=O)C(Cc1ccc2ccccc2c1)NC(=O)C1CCC(CNC(=O)C(CCC(=O)NCCc2cn(CC(O)(O[P+](=O)O)P(=O)(O)O)cn2)NC(=O)CN2CCN(CC(=O)O)CCN(CC(=O)O)CCN(CC(=O)O)CC2)CC1)C(=O)O)C(=O)O. The molecular formula is C61H90N13O25P2+. The van der Waals surface area contributed by atoms with E-state index in [1.54, 1.807) is 19.6 Å². The molecule has 0 bridgehead atoms. The molecule has 2 heterocycles. The number of amides is 7. The summed E-state index contributed by atoms with van der Waals surface area (Å²) in [4.78, 5) is 191. The second-order valence-electron chi connectivity index (χ2n) is 24.7. The van der Waals surface area contributed by atoms with Gasteiger partial charge in [-0.1, -0.05) is 47.0 Å². The minimum Gasteiger partial charge on any atom is -0.481 e. The van der Waals surface area contributed by atoms with Gasteiger partial charge in [0.2, 0.25) is 29.5 Å². The summed E-state index contributed by atoms with van der Waals surface area (Å²) in [5.41, 5.74) is -2.41. The molecule has 1 aliphatic carbocycles. The first-order valence-corrected chi connectivity index (χ1v) is 35.3. The lowest BCUT2D eigenvalue weighted by Crippen LogP contribution is -2.53. The maximum Gasteiger partial charge on any atom is 0.698 e. The third kappa shape index (κ3) is 30.6. The number of carboxylic acid groups (broad SMARTS) is 6. The third-order valence-corrected chi connectivity index (χ3v) is 18.6. The van der Waals surface area contributed by atoms with E-state index < -0.39 is 155 Å². The first-order valence-electron chi connectivity index (χ1n) is 32.6. The van der Waals surface area contributed by atoms with Gasteiger partial charge in [-0.3, -0.25) is 67.3 Å². The number of fused-ring (bicyclic) bond motifs is 1. The highest BCUT2D eigenvalue weighted by molar-refractivity contribution is 7.53. The quantitative estimate of drug-likeness (QED) is 0.0165. The molecule has 1 saturated heterocycles. The summed E-state index contributed by atoms with van der Waals surface area (Å²) in [6, 6.07) is 6.54. The Morgan fingerprint density at radius 1 is 0.594 bits per heavy atom. The highest BCUT2D eigenvalue weighted by Gasteiger charge is 2.54. The van der Waals surface area contributed by atoms with E-state index in [4.69, 9.17) is 10.00 Å². The van der Waals surface area contributed by atoms with E-state index in [0.717, 1.165) is 27.2 Å². The van der Waals surface area contributed by atoms with Crippen LogP contribution in [-0.2, 0) is 85.8 Å². The number of aliphatic hydroxyl groups is 1. The number of hydrogen-bond acceptors (Lipinski definition) is 21. The summed E-state index contributed by atoms with van der Waals surface area (Å²) in [5.74, 6) is -11.3. The Labute approximate surface area is 580 Å². The molecule has 6 unspecified atom stereocenters. The Balaban J connectivity index is 1.23. The number of carboxylic acids is 6. The Morgan fingerprint density at radius 3 is 1.66 bits per heavy atom. The van der Waals surface area contributed by atoms with Gasteiger partial charge in [-0.05, 0) is 80.0 Å². The van der Waals surface area contributed by atoms with Crippen LogP contribution in [0.25, 0.3) is 10.8 Å². The van der Waals surface area contributed by atoms with Gasteiger partial charge in [0.15, 0.2) is 0 Å². The van der Waals surface area contributed by atoms with E-state index in [2.05, 4.69) is 46.7 Å². The molecule has 7 amide bonds. The van der Waals surface area contributed by atoms with E-state index >= 15 is 0 Å². The van der Waals surface area contributed by atoms with Crippen LogP contribution in [0.2, 0.25) is 0 Å². The lowest BCUT2D eigenvalue weighted by molar-refractivity contribution is -0.141. The van der Waals surface area contributed by atoms with Gasteiger partial charge in [-0.2, -0.15) is 0 Å². The molecule has 6 atom stereocenters. The molecule has 40 heteroatoms. The number of aromatic nitrogens is 2. The summed E-state index contributed by atoms with van der Waals surface area (Å²) >= 11 is 0. The molecule has 1 aromatic heterocycles. The Kier molecular flexibility index (Phi) is 33.9. The van der Waals surface area contributed by atoms with Crippen LogP contribution < -0.4 is 37.2 Å². The van der Waals surface area contributed by atoms with Crippen LogP contribution in [0.3, 0.4) is 0 Å². The number of nitrogens with zero attached hydrogens (tertiary/aromatic N) is 6. The van der Waals surface area contributed by atoms with E-state index in [1.807, 2.05) is 42.5 Å². The molecule has 38 nitrogen and oxygen atoms in total. The number of unbranched alkanes of at least 4 members (excludes halogenated alkanes) is 1. The van der Waals surface area contributed by atoms with Gasteiger partial charge in [-0.15, -0.1) is 4.89 Å². The highest BCUT2D eigenvalue weighted by Crippen LogP contribution is 2.53. The molecule has 101 heavy (non-hydrogen) atoms. The van der Waals surface area contributed by atoms with E-state index in [9.17, 15) is 107 Å². The van der Waals surface area contributed by atoms with Gasteiger partial charge in [0.25, 0.3) is 0 Å². The minimum atomic E-state index is -5.54. The predicted molar refractivity (Wildman–Crippen MR) is 353 cm³/mol. The molecule has 2 aromatic carbocycles. The number of benzene rings is 2. The van der Waals surface area contributed by atoms with Crippen LogP contribution in [0.5, 0.6) is 0 Å². The van der Waals surface area contributed by atoms with Crippen LogP contribution >= 0.6 is 15.9 Å². The van der Waals surface area contributed by atoms with Gasteiger partial charge in [0.1, 0.15) is 24.2 Å². The number of rotatable bonds is 40. The van der Waals surface area contributed by atoms with Crippen LogP contribution in [0.15, 0.2) is 55.0 Å². The van der Waals surface area contributed by atoms with Crippen molar-refractivity contribution in [2.75, 3.05) is 98.2 Å². The zero-order valence-corrected chi connectivity index (χ0v) is 57.1. The van der Waals surface area contributed by atoms with Crippen molar-refractivity contribution in [1.82, 2.24) is 66.4 Å². The zero-order chi connectivity index (χ0) is 74.4. The van der Waals surface area contributed by atoms with E-state index in [0.29, 0.717) is 25.7 Å². The number of carbonyl (C=O) groups excluding carboxylic acids is 6. The molecule has 17 N–H and O–H groups in total. The van der Waals surface area contributed by atoms with Gasteiger partial charge >= 0.3 is 63.2 Å². The first kappa shape index (κ1) is 83.0. The van der Waals surface area contributed by atoms with Crippen LogP contribution in [0, 0.1) is 11.8 Å². The Bertz CT molecular complexity index is 3390. The monoisotopic (exact) mass is 1470 g/mol. The Hall–Kier alpha value is -8.68. The van der Waals surface area contributed by atoms with E-state index in [1.165, 1.54) is 6.20 Å². The molecule has 0 spiro atoms. The maximum absolute atomic E-state index is 14.2. The van der Waals surface area contributed by atoms with Crippen molar-refractivity contribution in [1.29, 1.82) is 0 Å². The summed E-state index contributed by atoms with van der Waals surface area (Å²) < 4.78 is 28.4. The standard InChI is InChI=1S/C61H89N13O25P2/c75-49(62-20-18-44-32-74(38-65-44)37-61(93,99-100(94)95)101(96,97)98)16-14-45(66-50(76)33-70-21-23-71(34-52(79)80)25-27-73(36-54(83)84)28-26-72(24-22-70)35-53(81)82)56(86)64-31-39-8-12-42(13-9-39)55(85)67-48(30-40-10-11-41-5-1-2-6-43(41)29-40)57(87)63-19-4-3-7-46(58(88)89)68-60(92)69-47(59(90)91)15-17-51(77)78/h1-2,5-6,10-11,29,32,38-39,42,45-48,93H,3-4,7-9,12-28,30-31,33-37H2,(H15-,62,63,64,66,67,68,69,75,76,77,78,79,80,81,82,83,84,85,86,87,88,89,90,91,92,94,95,96,97,98)/p+1. The van der Waals surface area contributed by atoms with Gasteiger partial charge in [0.05, 0.1) is 44.7 Å². The highest BCUT2D eigenvalue weighted by atomic mass is 31.2.